The first-order chi connectivity index (χ1) is 6.22. The van der Waals surface area contributed by atoms with Crippen LogP contribution < -0.4 is 11.1 Å². The third kappa shape index (κ3) is 1.46. The molecule has 13 heavy (non-hydrogen) atoms. The number of anilines is 1. The van der Waals surface area contributed by atoms with Gasteiger partial charge < -0.3 is 15.6 Å². The molecule has 1 aliphatic heterocycles. The molecule has 0 amide bonds. The Bertz CT molecular complexity index is 320. The lowest BCUT2D eigenvalue weighted by Crippen LogP contribution is -2.38. The van der Waals surface area contributed by atoms with Gasteiger partial charge in [0.15, 0.2) is 0 Å². The van der Waals surface area contributed by atoms with Gasteiger partial charge in [-0.05, 0) is 22.4 Å². The Hall–Kier alpha value is -0.550. The van der Waals surface area contributed by atoms with Gasteiger partial charge in [-0.1, -0.05) is 6.92 Å². The number of nitrogens with two attached hydrogens (primary N) is 1. The van der Waals surface area contributed by atoms with E-state index in [1.165, 1.54) is 0 Å². The van der Waals surface area contributed by atoms with Crippen molar-refractivity contribution < 1.29 is 0 Å². The number of nitrogens with zero attached hydrogens (tertiary/aromatic N) is 2. The number of fused-ring (bicyclic) bond motifs is 1. The van der Waals surface area contributed by atoms with E-state index in [4.69, 9.17) is 5.73 Å². The maximum Gasteiger partial charge on any atom is 0.204 e. The first kappa shape index (κ1) is 9.02. The molecule has 1 aromatic heterocycles. The van der Waals surface area contributed by atoms with Gasteiger partial charge in [-0.2, -0.15) is 0 Å². The van der Waals surface area contributed by atoms with Crippen LogP contribution in [0.4, 0.5) is 5.95 Å². The van der Waals surface area contributed by atoms with Crippen LogP contribution in [0.25, 0.3) is 0 Å². The second-order valence-corrected chi connectivity index (χ2v) is 4.03. The molecule has 0 saturated heterocycles. The summed E-state index contributed by atoms with van der Waals surface area (Å²) < 4.78 is 3.15. The van der Waals surface area contributed by atoms with E-state index in [-0.39, 0.29) is 6.04 Å². The molecule has 0 saturated carbocycles. The second-order valence-electron chi connectivity index (χ2n) is 3.28. The first-order valence-corrected chi connectivity index (χ1v) is 5.26. The standard InChI is InChI=1S/C8H13BrN4/c1-2-6-7(9)13-4-5(10)3-11-8(13)12-6/h5H,2-4,10H2,1H3,(H,11,12). The molecule has 4 nitrogen and oxygen atoms in total. The molecular formula is C8H13BrN4. The van der Waals surface area contributed by atoms with Crippen molar-refractivity contribution in [2.45, 2.75) is 25.9 Å². The Kier molecular flexibility index (Phi) is 2.29. The SMILES string of the molecule is CCc1nc2n(c1Br)CC(N)CN2. The van der Waals surface area contributed by atoms with Crippen molar-refractivity contribution in [3.05, 3.63) is 10.3 Å². The third-order valence-electron chi connectivity index (χ3n) is 2.25. The summed E-state index contributed by atoms with van der Waals surface area (Å²) in [4.78, 5) is 4.45. The maximum absolute atomic E-state index is 5.84. The van der Waals surface area contributed by atoms with Gasteiger partial charge in [0.1, 0.15) is 4.60 Å². The smallest absolute Gasteiger partial charge is 0.204 e. The summed E-state index contributed by atoms with van der Waals surface area (Å²) in [5, 5.41) is 3.20. The molecule has 0 fully saturated rings. The number of imidazole rings is 1. The normalized spacial score (nSPS) is 21.0. The molecule has 2 heterocycles. The number of hydrogen-bond donors (Lipinski definition) is 2. The zero-order valence-corrected chi connectivity index (χ0v) is 9.13. The molecule has 1 aliphatic rings. The second kappa shape index (κ2) is 3.31. The van der Waals surface area contributed by atoms with Crippen molar-refractivity contribution in [3.8, 4) is 0 Å². The van der Waals surface area contributed by atoms with E-state index in [0.29, 0.717) is 0 Å². The minimum atomic E-state index is 0.183. The van der Waals surface area contributed by atoms with Crippen LogP contribution in [0.1, 0.15) is 12.6 Å². The monoisotopic (exact) mass is 244 g/mol. The van der Waals surface area contributed by atoms with Crippen LogP contribution in [0.3, 0.4) is 0 Å². The van der Waals surface area contributed by atoms with Crippen molar-refractivity contribution in [2.75, 3.05) is 11.9 Å². The van der Waals surface area contributed by atoms with E-state index >= 15 is 0 Å². The molecule has 0 spiro atoms. The topological polar surface area (TPSA) is 55.9 Å². The zero-order valence-electron chi connectivity index (χ0n) is 7.55. The molecular weight excluding hydrogens is 232 g/mol. The molecule has 72 valence electrons. The van der Waals surface area contributed by atoms with Gasteiger partial charge in [-0.25, -0.2) is 4.98 Å². The number of halogens is 1. The van der Waals surface area contributed by atoms with Gasteiger partial charge in [0.05, 0.1) is 5.69 Å². The largest absolute Gasteiger partial charge is 0.354 e. The van der Waals surface area contributed by atoms with Crippen LogP contribution in [-0.2, 0) is 13.0 Å². The average molecular weight is 245 g/mol. The van der Waals surface area contributed by atoms with E-state index in [9.17, 15) is 0 Å². The van der Waals surface area contributed by atoms with Crippen LogP contribution >= 0.6 is 15.9 Å². The predicted molar refractivity (Wildman–Crippen MR) is 55.8 cm³/mol. The fourth-order valence-corrected chi connectivity index (χ4v) is 2.21. The van der Waals surface area contributed by atoms with Crippen molar-refractivity contribution in [2.24, 2.45) is 5.73 Å². The summed E-state index contributed by atoms with van der Waals surface area (Å²) in [5.74, 6) is 0.936. The van der Waals surface area contributed by atoms with Gasteiger partial charge in [0.25, 0.3) is 0 Å². The van der Waals surface area contributed by atoms with Gasteiger partial charge in [-0.15, -0.1) is 0 Å². The van der Waals surface area contributed by atoms with Gasteiger partial charge >= 0.3 is 0 Å². The number of nitrogens with one attached hydrogen (secondary N) is 1. The summed E-state index contributed by atoms with van der Waals surface area (Å²) in [5.41, 5.74) is 6.93. The lowest BCUT2D eigenvalue weighted by Gasteiger charge is -2.22. The Morgan fingerprint density at radius 1 is 1.77 bits per heavy atom. The van der Waals surface area contributed by atoms with Crippen LogP contribution in [0, 0.1) is 0 Å². The zero-order chi connectivity index (χ0) is 9.42. The minimum absolute atomic E-state index is 0.183. The summed E-state index contributed by atoms with van der Waals surface area (Å²) in [6, 6.07) is 0.183. The molecule has 1 atom stereocenters. The molecule has 3 N–H and O–H groups in total. The highest BCUT2D eigenvalue weighted by atomic mass is 79.9. The number of rotatable bonds is 1. The van der Waals surface area contributed by atoms with E-state index in [1.54, 1.807) is 0 Å². The molecule has 0 aliphatic carbocycles. The molecule has 5 heteroatoms. The highest BCUT2D eigenvalue weighted by Crippen LogP contribution is 2.24. The summed E-state index contributed by atoms with van der Waals surface area (Å²) in [6.45, 7) is 3.75. The number of aromatic nitrogens is 2. The fraction of sp³-hybridized carbons (Fsp3) is 0.625. The van der Waals surface area contributed by atoms with Crippen LogP contribution in [0.15, 0.2) is 4.60 Å². The highest BCUT2D eigenvalue weighted by molar-refractivity contribution is 9.10. The minimum Gasteiger partial charge on any atom is -0.354 e. The number of hydrogen-bond acceptors (Lipinski definition) is 3. The van der Waals surface area contributed by atoms with E-state index in [1.807, 2.05) is 0 Å². The summed E-state index contributed by atoms with van der Waals surface area (Å²) in [6.07, 6.45) is 0.942. The fourth-order valence-electron chi connectivity index (χ4n) is 1.53. The van der Waals surface area contributed by atoms with E-state index in [0.717, 1.165) is 35.8 Å². The quantitative estimate of drug-likeness (QED) is 0.774. The van der Waals surface area contributed by atoms with Crippen molar-refractivity contribution in [1.82, 2.24) is 9.55 Å². The van der Waals surface area contributed by atoms with Gasteiger partial charge in [-0.3, -0.25) is 0 Å². The first-order valence-electron chi connectivity index (χ1n) is 4.46. The van der Waals surface area contributed by atoms with Gasteiger partial charge in [0, 0.05) is 19.1 Å². The Balaban J connectivity index is 2.40. The number of aryl methyl sites for hydroxylation is 1. The lowest BCUT2D eigenvalue weighted by molar-refractivity contribution is 0.536. The van der Waals surface area contributed by atoms with E-state index < -0.39 is 0 Å². The third-order valence-corrected chi connectivity index (χ3v) is 3.13. The van der Waals surface area contributed by atoms with Crippen LogP contribution in [0.2, 0.25) is 0 Å². The highest BCUT2D eigenvalue weighted by Gasteiger charge is 2.20. The maximum atomic E-state index is 5.84. The molecule has 1 aromatic rings. The molecule has 2 rings (SSSR count). The van der Waals surface area contributed by atoms with Crippen molar-refractivity contribution in [3.63, 3.8) is 0 Å². The van der Waals surface area contributed by atoms with Crippen LogP contribution in [0.5, 0.6) is 0 Å². The molecule has 1 unspecified atom stereocenters. The summed E-state index contributed by atoms with van der Waals surface area (Å²) in [7, 11) is 0. The Labute approximate surface area is 85.6 Å². The van der Waals surface area contributed by atoms with Crippen LogP contribution in [-0.4, -0.2) is 22.1 Å². The molecule has 0 bridgehead atoms. The van der Waals surface area contributed by atoms with Crippen molar-refractivity contribution >= 4 is 21.9 Å². The van der Waals surface area contributed by atoms with Gasteiger partial charge in [0.2, 0.25) is 5.95 Å². The average Bonchev–Trinajstić information content (AvgIpc) is 2.44. The lowest BCUT2D eigenvalue weighted by atomic mass is 10.3. The molecule has 0 radical (unpaired) electrons. The Morgan fingerprint density at radius 2 is 2.54 bits per heavy atom. The van der Waals surface area contributed by atoms with E-state index in [2.05, 4.69) is 37.7 Å². The molecule has 0 aromatic carbocycles. The predicted octanol–water partition coefficient (Wildman–Crippen LogP) is 0.961. The van der Waals surface area contributed by atoms with Crippen molar-refractivity contribution in [1.29, 1.82) is 0 Å². The summed E-state index contributed by atoms with van der Waals surface area (Å²) >= 11 is 3.53. The Morgan fingerprint density at radius 3 is 3.23 bits per heavy atom.